The molecule has 1 heterocycles. The van der Waals surface area contributed by atoms with Gasteiger partial charge in [-0.25, -0.2) is 0 Å². The predicted octanol–water partition coefficient (Wildman–Crippen LogP) is 6.28. The van der Waals surface area contributed by atoms with Gasteiger partial charge in [-0.15, -0.1) is 0 Å². The van der Waals surface area contributed by atoms with Crippen molar-refractivity contribution < 1.29 is 17.9 Å². The van der Waals surface area contributed by atoms with Gasteiger partial charge in [0.1, 0.15) is 5.75 Å². The van der Waals surface area contributed by atoms with Crippen molar-refractivity contribution in [3.05, 3.63) is 59.8 Å². The van der Waals surface area contributed by atoms with E-state index in [2.05, 4.69) is 9.71 Å². The molecule has 0 unspecified atom stereocenters. The number of halogens is 3. The molecule has 0 amide bonds. The van der Waals surface area contributed by atoms with Gasteiger partial charge < -0.3 is 14.4 Å². The van der Waals surface area contributed by atoms with E-state index < -0.39 is 11.7 Å². The Labute approximate surface area is 165 Å². The number of nitrogens with one attached hydrogen (secondary N) is 2. The highest BCUT2D eigenvalue weighted by molar-refractivity contribution is 8.00. The molecule has 0 bridgehead atoms. The van der Waals surface area contributed by atoms with E-state index in [-0.39, 0.29) is 0 Å². The second-order valence-corrected chi connectivity index (χ2v) is 7.89. The molecule has 0 aliphatic heterocycles. The minimum absolute atomic E-state index is 0.403. The lowest BCUT2D eigenvalue weighted by atomic mass is 10.1. The summed E-state index contributed by atoms with van der Waals surface area (Å²) in [7, 11) is 0. The third-order valence-electron chi connectivity index (χ3n) is 4.79. The normalized spacial score (nSPS) is 14.4. The Kier molecular flexibility index (Phi) is 5.44. The van der Waals surface area contributed by atoms with Crippen LogP contribution in [-0.2, 0) is 12.6 Å². The molecule has 0 saturated heterocycles. The van der Waals surface area contributed by atoms with Crippen LogP contribution >= 0.6 is 11.9 Å². The molecule has 3 aromatic rings. The molecule has 0 spiro atoms. The van der Waals surface area contributed by atoms with Gasteiger partial charge in [-0.1, -0.05) is 24.1 Å². The molecule has 4 rings (SSSR count). The fourth-order valence-corrected chi connectivity index (χ4v) is 3.92. The Bertz CT molecular complexity index is 933. The van der Waals surface area contributed by atoms with Gasteiger partial charge in [-0.3, -0.25) is 0 Å². The highest BCUT2D eigenvalue weighted by Crippen LogP contribution is 2.34. The van der Waals surface area contributed by atoms with Crippen LogP contribution in [0, 0.1) is 5.92 Å². The third kappa shape index (κ3) is 4.76. The molecule has 1 saturated carbocycles. The topological polar surface area (TPSA) is 37.0 Å². The number of hydrogen-bond donors (Lipinski definition) is 2. The van der Waals surface area contributed by atoms with Crippen LogP contribution in [-0.4, -0.2) is 17.3 Å². The number of H-pyrrole nitrogens is 1. The Morgan fingerprint density at radius 3 is 2.61 bits per heavy atom. The van der Waals surface area contributed by atoms with Crippen molar-refractivity contribution in [1.29, 1.82) is 0 Å². The number of fused-ring (bicyclic) bond motifs is 1. The van der Waals surface area contributed by atoms with Gasteiger partial charge in [0, 0.05) is 29.3 Å². The summed E-state index contributed by atoms with van der Waals surface area (Å²) in [5, 5.41) is 1.07. The van der Waals surface area contributed by atoms with Gasteiger partial charge >= 0.3 is 6.18 Å². The van der Waals surface area contributed by atoms with Gasteiger partial charge in [0.25, 0.3) is 0 Å². The van der Waals surface area contributed by atoms with Gasteiger partial charge in [0.05, 0.1) is 17.9 Å². The minimum Gasteiger partial charge on any atom is -0.493 e. The first-order valence-electron chi connectivity index (χ1n) is 9.27. The predicted molar refractivity (Wildman–Crippen MR) is 108 cm³/mol. The van der Waals surface area contributed by atoms with Crippen molar-refractivity contribution in [1.82, 2.24) is 4.98 Å². The second-order valence-electron chi connectivity index (χ2n) is 7.06. The van der Waals surface area contributed by atoms with E-state index in [0.717, 1.165) is 51.7 Å². The van der Waals surface area contributed by atoms with Crippen LogP contribution in [0.5, 0.6) is 5.75 Å². The number of aromatic amines is 1. The molecular weight excluding hydrogens is 385 g/mol. The van der Waals surface area contributed by atoms with Crippen LogP contribution in [0.3, 0.4) is 0 Å². The first kappa shape index (κ1) is 19.1. The maximum atomic E-state index is 12.6. The van der Waals surface area contributed by atoms with Crippen molar-refractivity contribution in [2.75, 3.05) is 17.1 Å². The molecule has 1 fully saturated rings. The summed E-state index contributed by atoms with van der Waals surface area (Å²) >= 11 is 1.73. The van der Waals surface area contributed by atoms with Crippen LogP contribution < -0.4 is 9.46 Å². The van der Waals surface area contributed by atoms with E-state index in [9.17, 15) is 13.2 Å². The number of alkyl halides is 3. The van der Waals surface area contributed by atoms with Crippen molar-refractivity contribution in [2.24, 2.45) is 5.92 Å². The Balaban J connectivity index is 1.33. The van der Waals surface area contributed by atoms with E-state index in [1.54, 1.807) is 11.9 Å². The number of aromatic nitrogens is 1. The number of hydrogen-bond acceptors (Lipinski definition) is 3. The number of ether oxygens (including phenoxy) is 1. The van der Waals surface area contributed by atoms with E-state index >= 15 is 0 Å². The van der Waals surface area contributed by atoms with Crippen LogP contribution in [0.1, 0.15) is 24.0 Å². The lowest BCUT2D eigenvalue weighted by Gasteiger charge is -2.09. The van der Waals surface area contributed by atoms with Crippen LogP contribution in [0.2, 0.25) is 0 Å². The van der Waals surface area contributed by atoms with Crippen LogP contribution in [0.4, 0.5) is 18.9 Å². The number of benzene rings is 2. The van der Waals surface area contributed by atoms with Crippen LogP contribution in [0.15, 0.2) is 48.7 Å². The van der Waals surface area contributed by atoms with Gasteiger partial charge in [0.15, 0.2) is 0 Å². The van der Waals surface area contributed by atoms with E-state index in [1.165, 1.54) is 25.0 Å². The first-order valence-corrected chi connectivity index (χ1v) is 10.3. The Morgan fingerprint density at radius 1 is 1.11 bits per heavy atom. The largest absolute Gasteiger partial charge is 0.493 e. The lowest BCUT2D eigenvalue weighted by molar-refractivity contribution is -0.137. The fourth-order valence-electron chi connectivity index (χ4n) is 2.94. The van der Waals surface area contributed by atoms with Crippen molar-refractivity contribution in [2.45, 2.75) is 25.4 Å². The van der Waals surface area contributed by atoms with E-state index in [4.69, 9.17) is 4.74 Å². The zero-order valence-electron chi connectivity index (χ0n) is 15.2. The molecule has 28 heavy (non-hydrogen) atoms. The summed E-state index contributed by atoms with van der Waals surface area (Å²) in [5.74, 6) is 2.72. The summed E-state index contributed by atoms with van der Waals surface area (Å²) in [4.78, 5) is 3.25. The number of rotatable bonds is 8. The molecule has 2 N–H and O–H groups in total. The Morgan fingerprint density at radius 2 is 1.89 bits per heavy atom. The monoisotopic (exact) mass is 406 g/mol. The zero-order chi connectivity index (χ0) is 19.6. The number of anilines is 1. The van der Waals surface area contributed by atoms with Gasteiger partial charge in [-0.05, 0) is 54.7 Å². The Hall–Kier alpha value is -2.28. The fraction of sp³-hybridized carbons (Fsp3) is 0.333. The summed E-state index contributed by atoms with van der Waals surface area (Å²) in [6.07, 6.45) is 0.866. The summed E-state index contributed by atoms with van der Waals surface area (Å²) < 4.78 is 47.1. The molecule has 3 nitrogen and oxygen atoms in total. The lowest BCUT2D eigenvalue weighted by Crippen LogP contribution is -2.05. The van der Waals surface area contributed by atoms with E-state index in [1.807, 2.05) is 24.4 Å². The second kappa shape index (κ2) is 7.99. The molecule has 2 aromatic carbocycles. The van der Waals surface area contributed by atoms with Crippen molar-refractivity contribution in [3.8, 4) is 5.75 Å². The van der Waals surface area contributed by atoms with Crippen molar-refractivity contribution in [3.63, 3.8) is 0 Å². The third-order valence-corrected chi connectivity index (χ3v) is 5.79. The zero-order valence-corrected chi connectivity index (χ0v) is 16.0. The first-order chi connectivity index (χ1) is 13.5. The standard InChI is InChI=1S/C21H21F3N2OS/c22-21(23,24)16-5-3-14(4-6-16)9-10-27-17-7-8-19-18(11-17)20(12-25-19)26-28-13-15-1-2-15/h3-8,11-12,15,25-26H,1-2,9-10,13H2. The molecule has 0 radical (unpaired) electrons. The molecule has 7 heteroatoms. The van der Waals surface area contributed by atoms with E-state index in [0.29, 0.717) is 13.0 Å². The highest BCUT2D eigenvalue weighted by atomic mass is 32.2. The van der Waals surface area contributed by atoms with Crippen molar-refractivity contribution >= 4 is 28.5 Å². The SMILES string of the molecule is FC(F)(F)c1ccc(CCOc2ccc3[nH]cc(NSCC4CC4)c3c2)cc1. The maximum Gasteiger partial charge on any atom is 0.416 e. The van der Waals surface area contributed by atoms with Gasteiger partial charge in [0.2, 0.25) is 0 Å². The molecule has 1 aliphatic carbocycles. The molecular formula is C21H21F3N2OS. The molecule has 0 atom stereocenters. The molecule has 1 aromatic heterocycles. The summed E-state index contributed by atoms with van der Waals surface area (Å²) in [6.45, 7) is 0.403. The summed E-state index contributed by atoms with van der Waals surface area (Å²) in [6, 6.07) is 11.1. The summed E-state index contributed by atoms with van der Waals surface area (Å²) in [5.41, 5.74) is 2.25. The van der Waals surface area contributed by atoms with Gasteiger partial charge in [-0.2, -0.15) is 13.2 Å². The quantitative estimate of drug-likeness (QED) is 0.433. The maximum absolute atomic E-state index is 12.6. The average Bonchev–Trinajstić information content (AvgIpc) is 3.41. The highest BCUT2D eigenvalue weighted by Gasteiger charge is 2.29. The average molecular weight is 406 g/mol. The smallest absolute Gasteiger partial charge is 0.416 e. The minimum atomic E-state index is -4.30. The van der Waals surface area contributed by atoms with Crippen LogP contribution in [0.25, 0.3) is 10.9 Å². The molecule has 148 valence electrons. The molecule has 1 aliphatic rings.